The van der Waals surface area contributed by atoms with E-state index in [1.165, 1.54) is 5.56 Å². The first-order valence-electron chi connectivity index (χ1n) is 8.69. The second kappa shape index (κ2) is 6.05. The highest BCUT2D eigenvalue weighted by Crippen LogP contribution is 2.31. The van der Waals surface area contributed by atoms with E-state index in [1.54, 1.807) is 6.33 Å². The van der Waals surface area contributed by atoms with Crippen molar-refractivity contribution in [3.63, 3.8) is 0 Å². The van der Waals surface area contributed by atoms with Crippen molar-refractivity contribution in [3.8, 4) is 0 Å². The zero-order chi connectivity index (χ0) is 17.5. The van der Waals surface area contributed by atoms with Crippen molar-refractivity contribution in [2.24, 2.45) is 0 Å². The van der Waals surface area contributed by atoms with E-state index < -0.39 is 0 Å². The van der Waals surface area contributed by atoms with E-state index in [2.05, 4.69) is 56.3 Å². The Bertz CT molecular complexity index is 1070. The Morgan fingerprint density at radius 2 is 1.88 bits per heavy atom. The van der Waals surface area contributed by atoms with Crippen LogP contribution in [0, 0.1) is 0 Å². The number of hydrazine groups is 1. The first-order chi connectivity index (χ1) is 12.8. The number of hydrogen-bond acceptors (Lipinski definition) is 6. The van der Waals surface area contributed by atoms with Crippen LogP contribution in [0.1, 0.15) is 11.5 Å². The lowest BCUT2D eigenvalue weighted by molar-refractivity contribution is 0.689. The van der Waals surface area contributed by atoms with Crippen molar-refractivity contribution >= 4 is 28.2 Å². The van der Waals surface area contributed by atoms with Gasteiger partial charge in [-0.25, -0.2) is 0 Å². The lowest BCUT2D eigenvalue weighted by Gasteiger charge is -2.21. The molecule has 7 heteroatoms. The van der Waals surface area contributed by atoms with Crippen molar-refractivity contribution in [3.05, 3.63) is 60.4 Å². The van der Waals surface area contributed by atoms with Crippen LogP contribution in [0.4, 0.5) is 11.5 Å². The third kappa shape index (κ3) is 2.40. The smallest absolute Gasteiger partial charge is 0.257 e. The van der Waals surface area contributed by atoms with Crippen LogP contribution in [-0.2, 0) is 0 Å². The number of fused-ring (bicyclic) bond motifs is 3. The van der Waals surface area contributed by atoms with Gasteiger partial charge in [0.15, 0.2) is 0 Å². The van der Waals surface area contributed by atoms with Crippen LogP contribution < -0.4 is 15.8 Å². The van der Waals surface area contributed by atoms with E-state index in [0.29, 0.717) is 11.7 Å². The Morgan fingerprint density at radius 3 is 2.69 bits per heavy atom. The highest BCUT2D eigenvalue weighted by atomic mass is 15.4. The average Bonchev–Trinajstić information content (AvgIpc) is 3.39. The first-order valence-corrected chi connectivity index (χ1v) is 8.69. The van der Waals surface area contributed by atoms with Gasteiger partial charge in [-0.1, -0.05) is 24.3 Å². The number of benzene rings is 2. The molecule has 3 heterocycles. The van der Waals surface area contributed by atoms with Crippen molar-refractivity contribution < 1.29 is 0 Å². The maximum Gasteiger partial charge on any atom is 0.257 e. The summed E-state index contributed by atoms with van der Waals surface area (Å²) >= 11 is 0. The van der Waals surface area contributed by atoms with Crippen LogP contribution in [-0.4, -0.2) is 39.7 Å². The maximum absolute atomic E-state index is 4.76. The molecule has 130 valence electrons. The molecular weight excluding hydrogens is 326 g/mol. The fraction of sp³-hybridized carbons (Fsp3) is 0.211. The molecule has 2 aromatic heterocycles. The summed E-state index contributed by atoms with van der Waals surface area (Å²) in [5, 5.41) is 9.32. The molecule has 1 saturated heterocycles. The van der Waals surface area contributed by atoms with Crippen LogP contribution in [0.25, 0.3) is 16.7 Å². The molecule has 26 heavy (non-hydrogen) atoms. The summed E-state index contributed by atoms with van der Waals surface area (Å²) in [6.07, 6.45) is 1.73. The molecule has 1 aliphatic heterocycles. The van der Waals surface area contributed by atoms with Crippen LogP contribution >= 0.6 is 0 Å². The summed E-state index contributed by atoms with van der Waals surface area (Å²) in [5.74, 6) is 1.94. The van der Waals surface area contributed by atoms with Crippen LogP contribution in [0.3, 0.4) is 0 Å². The van der Waals surface area contributed by atoms with E-state index >= 15 is 0 Å². The molecule has 1 aliphatic rings. The maximum atomic E-state index is 4.76. The Kier molecular flexibility index (Phi) is 3.55. The van der Waals surface area contributed by atoms with Gasteiger partial charge in [0.2, 0.25) is 0 Å². The van der Waals surface area contributed by atoms with E-state index in [0.717, 1.165) is 35.5 Å². The monoisotopic (exact) mass is 345 g/mol. The average molecular weight is 345 g/mol. The zero-order valence-electron chi connectivity index (χ0n) is 14.4. The summed E-state index contributed by atoms with van der Waals surface area (Å²) in [6, 6.07) is 16.8. The number of rotatable bonds is 3. The largest absolute Gasteiger partial charge is 0.329 e. The summed E-state index contributed by atoms with van der Waals surface area (Å²) in [6.45, 7) is 1.86. The van der Waals surface area contributed by atoms with Gasteiger partial charge in [-0.3, -0.25) is 15.3 Å². The van der Waals surface area contributed by atoms with Crippen molar-refractivity contribution in [2.75, 3.05) is 25.0 Å². The molecule has 4 aromatic rings. The van der Waals surface area contributed by atoms with E-state index in [9.17, 15) is 0 Å². The standard InChI is InChI=1S/C19H19N7/c1-25(15-5-3-2-4-6-15)18-16-8-7-13(14-10-20-21-11-14)9-17(16)26-12-22-24-19(26)23-18/h2-9,12,14,20-21H,10-11H2,1H3. The van der Waals surface area contributed by atoms with Gasteiger partial charge in [-0.2, -0.15) is 4.98 Å². The molecule has 0 radical (unpaired) electrons. The van der Waals surface area contributed by atoms with Gasteiger partial charge in [-0.05, 0) is 29.8 Å². The van der Waals surface area contributed by atoms with Crippen molar-refractivity contribution in [2.45, 2.75) is 5.92 Å². The van der Waals surface area contributed by atoms with Gasteiger partial charge in [0.25, 0.3) is 5.78 Å². The Hall–Kier alpha value is -3.03. The Labute approximate surface area is 150 Å². The molecule has 2 N–H and O–H groups in total. The molecule has 7 nitrogen and oxygen atoms in total. The zero-order valence-corrected chi connectivity index (χ0v) is 14.4. The van der Waals surface area contributed by atoms with Gasteiger partial charge in [0.05, 0.1) is 5.52 Å². The van der Waals surface area contributed by atoms with Crippen LogP contribution in [0.5, 0.6) is 0 Å². The summed E-state index contributed by atoms with van der Waals surface area (Å²) < 4.78 is 1.96. The van der Waals surface area contributed by atoms with Gasteiger partial charge in [0.1, 0.15) is 12.1 Å². The quantitative estimate of drug-likeness (QED) is 0.593. The molecule has 2 aromatic carbocycles. The minimum absolute atomic E-state index is 0.453. The van der Waals surface area contributed by atoms with E-state index in [4.69, 9.17) is 4.98 Å². The number of nitrogens with zero attached hydrogens (tertiary/aromatic N) is 5. The molecule has 0 aliphatic carbocycles. The number of anilines is 2. The lowest BCUT2D eigenvalue weighted by atomic mass is 9.99. The van der Waals surface area contributed by atoms with Gasteiger partial charge in [-0.15, -0.1) is 10.2 Å². The lowest BCUT2D eigenvalue weighted by Crippen LogP contribution is -2.21. The molecule has 0 spiro atoms. The summed E-state index contributed by atoms with van der Waals surface area (Å²) in [7, 11) is 2.03. The predicted octanol–water partition coefficient (Wildman–Crippen LogP) is 2.24. The highest BCUT2D eigenvalue weighted by molar-refractivity contribution is 5.93. The SMILES string of the molecule is CN(c1ccccc1)c1nc2nncn2c2cc(C3CNNC3)ccc12. The minimum atomic E-state index is 0.453. The molecule has 1 fully saturated rings. The Balaban J connectivity index is 1.72. The Morgan fingerprint density at radius 1 is 1.08 bits per heavy atom. The second-order valence-corrected chi connectivity index (χ2v) is 6.57. The number of para-hydroxylation sites is 1. The predicted molar refractivity (Wildman–Crippen MR) is 102 cm³/mol. The molecule has 0 atom stereocenters. The van der Waals surface area contributed by atoms with Crippen LogP contribution in [0.15, 0.2) is 54.9 Å². The second-order valence-electron chi connectivity index (χ2n) is 6.57. The number of nitrogens with one attached hydrogen (secondary N) is 2. The summed E-state index contributed by atoms with van der Waals surface area (Å²) in [5.41, 5.74) is 9.85. The topological polar surface area (TPSA) is 70.4 Å². The molecule has 0 amide bonds. The third-order valence-electron chi connectivity index (χ3n) is 5.01. The fourth-order valence-corrected chi connectivity index (χ4v) is 3.55. The van der Waals surface area contributed by atoms with Gasteiger partial charge in [0, 0.05) is 37.1 Å². The molecule has 0 unspecified atom stereocenters. The number of aromatic nitrogens is 4. The minimum Gasteiger partial charge on any atom is -0.329 e. The molecule has 0 saturated carbocycles. The van der Waals surface area contributed by atoms with Gasteiger partial charge < -0.3 is 4.90 Å². The van der Waals surface area contributed by atoms with Gasteiger partial charge >= 0.3 is 0 Å². The van der Waals surface area contributed by atoms with Crippen molar-refractivity contribution in [1.82, 2.24) is 30.4 Å². The molecule has 0 bridgehead atoms. The molecule has 5 rings (SSSR count). The van der Waals surface area contributed by atoms with Crippen molar-refractivity contribution in [1.29, 1.82) is 0 Å². The summed E-state index contributed by atoms with van der Waals surface area (Å²) in [4.78, 5) is 6.85. The van der Waals surface area contributed by atoms with Crippen LogP contribution in [0.2, 0.25) is 0 Å². The normalized spacial score (nSPS) is 15.1. The van der Waals surface area contributed by atoms with E-state index in [1.807, 2.05) is 29.6 Å². The number of hydrogen-bond donors (Lipinski definition) is 2. The molecular formula is C19H19N7. The third-order valence-corrected chi connectivity index (χ3v) is 5.01. The van der Waals surface area contributed by atoms with E-state index in [-0.39, 0.29) is 0 Å². The highest BCUT2D eigenvalue weighted by Gasteiger charge is 2.19. The fourth-order valence-electron chi connectivity index (χ4n) is 3.55. The first kappa shape index (κ1) is 15.2.